The zero-order valence-corrected chi connectivity index (χ0v) is 10.8. The fourth-order valence-corrected chi connectivity index (χ4v) is 1.63. The van der Waals surface area contributed by atoms with E-state index in [0.717, 1.165) is 18.5 Å². The Bertz CT molecular complexity index is 300. The third kappa shape index (κ3) is 4.05. The molecular formula is C14H23NO. The highest BCUT2D eigenvalue weighted by Crippen LogP contribution is 2.20. The maximum Gasteiger partial charge on any atom is 0.151 e. The number of nitrogens with one attached hydrogen (secondary N) is 1. The number of carbonyl (C=O) groups excluding carboxylic acids is 1. The minimum Gasteiger partial charge on any atom is -0.375 e. The van der Waals surface area contributed by atoms with Crippen LogP contribution < -0.4 is 5.32 Å². The molecule has 1 rings (SSSR count). The molecule has 1 heterocycles. The molecule has 0 saturated carbocycles. The van der Waals surface area contributed by atoms with Crippen LogP contribution in [0.1, 0.15) is 40.5 Å². The first kappa shape index (κ1) is 14.7. The Morgan fingerprint density at radius 1 is 1.50 bits per heavy atom. The first-order chi connectivity index (χ1) is 7.69. The Kier molecular flexibility index (Phi) is 7.27. The summed E-state index contributed by atoms with van der Waals surface area (Å²) in [5.41, 5.74) is 2.23. The minimum atomic E-state index is -0.0232. The van der Waals surface area contributed by atoms with Crippen molar-refractivity contribution in [2.45, 2.75) is 46.6 Å². The predicted molar refractivity (Wildman–Crippen MR) is 70.2 cm³/mol. The molecular weight excluding hydrogens is 198 g/mol. The predicted octanol–water partition coefficient (Wildman–Crippen LogP) is 3.37. The van der Waals surface area contributed by atoms with Crippen molar-refractivity contribution in [3.05, 3.63) is 36.1 Å². The molecule has 0 aromatic carbocycles. The first-order valence-electron chi connectivity index (χ1n) is 5.94. The number of carbonyl (C=O) groups is 1. The van der Waals surface area contributed by atoms with Crippen molar-refractivity contribution in [2.75, 3.05) is 0 Å². The second-order valence-corrected chi connectivity index (χ2v) is 3.49. The van der Waals surface area contributed by atoms with Crippen molar-refractivity contribution in [1.29, 1.82) is 0 Å². The largest absolute Gasteiger partial charge is 0.375 e. The lowest BCUT2D eigenvalue weighted by Crippen LogP contribution is -2.37. The molecule has 0 saturated heterocycles. The van der Waals surface area contributed by atoms with E-state index in [0.29, 0.717) is 0 Å². The molecule has 2 nitrogen and oxygen atoms in total. The third-order valence-electron chi connectivity index (χ3n) is 2.45. The van der Waals surface area contributed by atoms with Gasteiger partial charge in [0.2, 0.25) is 0 Å². The van der Waals surface area contributed by atoms with Crippen LogP contribution in [0.15, 0.2) is 36.1 Å². The number of Topliss-reactive ketones (excluding diaryl/α,β-unsaturated/α-hetero) is 1. The molecule has 16 heavy (non-hydrogen) atoms. The fraction of sp³-hybridized carbons (Fsp3) is 0.500. The summed E-state index contributed by atoms with van der Waals surface area (Å²) in [5.74, 6) is 0.204. The summed E-state index contributed by atoms with van der Waals surface area (Å²) in [6, 6.07) is -0.0232. The molecule has 0 aromatic rings. The Balaban J connectivity index is 0.00000106. The minimum absolute atomic E-state index is 0.0232. The molecule has 0 amide bonds. The summed E-state index contributed by atoms with van der Waals surface area (Å²) in [6.45, 7) is 11.4. The smallest absolute Gasteiger partial charge is 0.151 e. The van der Waals surface area contributed by atoms with E-state index in [1.165, 1.54) is 5.57 Å². The highest BCUT2D eigenvalue weighted by molar-refractivity contribution is 5.82. The summed E-state index contributed by atoms with van der Waals surface area (Å²) in [6.07, 6.45) is 7.62. The maximum absolute atomic E-state index is 11.2. The van der Waals surface area contributed by atoms with Crippen molar-refractivity contribution < 1.29 is 4.79 Å². The van der Waals surface area contributed by atoms with Crippen molar-refractivity contribution in [3.8, 4) is 0 Å². The average molecular weight is 221 g/mol. The number of rotatable bonds is 3. The van der Waals surface area contributed by atoms with Gasteiger partial charge in [0.1, 0.15) is 0 Å². The van der Waals surface area contributed by atoms with Gasteiger partial charge in [0.05, 0.1) is 6.04 Å². The van der Waals surface area contributed by atoms with Gasteiger partial charge in [-0.1, -0.05) is 32.6 Å². The zero-order chi connectivity index (χ0) is 12.6. The Morgan fingerprint density at radius 2 is 2.12 bits per heavy atom. The SMILES string of the molecule is C=CC1=C(/C=C\C)NC(C(C)=O)CC1.CC. The molecule has 0 fully saturated rings. The summed E-state index contributed by atoms with van der Waals surface area (Å²) < 4.78 is 0. The lowest BCUT2D eigenvalue weighted by molar-refractivity contribution is -0.119. The van der Waals surface area contributed by atoms with Crippen LogP contribution in [0.4, 0.5) is 0 Å². The van der Waals surface area contributed by atoms with Crippen LogP contribution in [0, 0.1) is 0 Å². The topological polar surface area (TPSA) is 29.1 Å². The molecule has 1 atom stereocenters. The van der Waals surface area contributed by atoms with E-state index in [1.807, 2.05) is 39.0 Å². The van der Waals surface area contributed by atoms with Gasteiger partial charge in [0.15, 0.2) is 5.78 Å². The molecule has 0 aromatic heterocycles. The van der Waals surface area contributed by atoms with Crippen molar-refractivity contribution in [2.24, 2.45) is 0 Å². The van der Waals surface area contributed by atoms with Crippen LogP contribution in [0.5, 0.6) is 0 Å². The van der Waals surface area contributed by atoms with Crippen LogP contribution in [-0.2, 0) is 4.79 Å². The van der Waals surface area contributed by atoms with Crippen molar-refractivity contribution >= 4 is 5.78 Å². The third-order valence-corrected chi connectivity index (χ3v) is 2.45. The molecule has 0 bridgehead atoms. The van der Waals surface area contributed by atoms with E-state index in [2.05, 4.69) is 11.9 Å². The van der Waals surface area contributed by atoms with Crippen LogP contribution in [0.25, 0.3) is 0 Å². The lowest BCUT2D eigenvalue weighted by atomic mass is 9.96. The molecule has 90 valence electrons. The normalized spacial score (nSPS) is 19.9. The summed E-state index contributed by atoms with van der Waals surface area (Å²) in [5, 5.41) is 3.23. The summed E-state index contributed by atoms with van der Waals surface area (Å²) >= 11 is 0. The van der Waals surface area contributed by atoms with Crippen LogP contribution in [0.3, 0.4) is 0 Å². The van der Waals surface area contributed by atoms with E-state index >= 15 is 0 Å². The van der Waals surface area contributed by atoms with E-state index in [-0.39, 0.29) is 11.8 Å². The molecule has 0 radical (unpaired) electrons. The van der Waals surface area contributed by atoms with E-state index in [9.17, 15) is 4.79 Å². The monoisotopic (exact) mass is 221 g/mol. The highest BCUT2D eigenvalue weighted by atomic mass is 16.1. The van der Waals surface area contributed by atoms with Gasteiger partial charge in [-0.15, -0.1) is 0 Å². The van der Waals surface area contributed by atoms with Gasteiger partial charge >= 0.3 is 0 Å². The number of ketones is 1. The van der Waals surface area contributed by atoms with E-state index in [1.54, 1.807) is 6.92 Å². The molecule has 2 heteroatoms. The summed E-state index contributed by atoms with van der Waals surface area (Å²) in [7, 11) is 0. The Labute approximate surface area is 99.1 Å². The van der Waals surface area contributed by atoms with Gasteiger partial charge in [0, 0.05) is 5.70 Å². The molecule has 1 aliphatic heterocycles. The van der Waals surface area contributed by atoms with Gasteiger partial charge in [0.25, 0.3) is 0 Å². The van der Waals surface area contributed by atoms with Crippen LogP contribution >= 0.6 is 0 Å². The molecule has 1 aliphatic rings. The van der Waals surface area contributed by atoms with Gasteiger partial charge in [-0.25, -0.2) is 0 Å². The van der Waals surface area contributed by atoms with E-state index in [4.69, 9.17) is 0 Å². The first-order valence-corrected chi connectivity index (χ1v) is 5.94. The summed E-state index contributed by atoms with van der Waals surface area (Å²) in [4.78, 5) is 11.2. The molecule has 1 unspecified atom stereocenters. The van der Waals surface area contributed by atoms with E-state index < -0.39 is 0 Å². The second kappa shape index (κ2) is 7.91. The van der Waals surface area contributed by atoms with Gasteiger partial charge in [-0.05, 0) is 38.3 Å². The maximum atomic E-state index is 11.2. The fourth-order valence-electron chi connectivity index (χ4n) is 1.63. The molecule has 0 aliphatic carbocycles. The Morgan fingerprint density at radius 3 is 2.56 bits per heavy atom. The van der Waals surface area contributed by atoms with Crippen molar-refractivity contribution in [3.63, 3.8) is 0 Å². The Hall–Kier alpha value is -1.31. The number of hydrogen-bond acceptors (Lipinski definition) is 2. The zero-order valence-electron chi connectivity index (χ0n) is 10.8. The number of allylic oxidation sites excluding steroid dienone is 4. The average Bonchev–Trinajstić information content (AvgIpc) is 2.32. The second-order valence-electron chi connectivity index (χ2n) is 3.49. The lowest BCUT2D eigenvalue weighted by Gasteiger charge is -2.25. The molecule has 0 spiro atoms. The van der Waals surface area contributed by atoms with Crippen molar-refractivity contribution in [1.82, 2.24) is 5.32 Å². The van der Waals surface area contributed by atoms with Crippen LogP contribution in [-0.4, -0.2) is 11.8 Å². The van der Waals surface area contributed by atoms with Gasteiger partial charge < -0.3 is 5.32 Å². The van der Waals surface area contributed by atoms with Crippen LogP contribution in [0.2, 0.25) is 0 Å². The standard InChI is InChI=1S/C12H17NO.C2H6/c1-4-6-12-10(5-2)7-8-11(13-12)9(3)14;1-2/h4-6,11,13H,2,7-8H2,1,3H3;1-2H3/b6-4-;. The number of hydrogen-bond donors (Lipinski definition) is 1. The molecule has 1 N–H and O–H groups in total. The van der Waals surface area contributed by atoms with Gasteiger partial charge in [-0.2, -0.15) is 0 Å². The highest BCUT2D eigenvalue weighted by Gasteiger charge is 2.20. The quantitative estimate of drug-likeness (QED) is 0.791. The van der Waals surface area contributed by atoms with Gasteiger partial charge in [-0.3, -0.25) is 4.79 Å².